The number of rotatable bonds is 3. The van der Waals surface area contributed by atoms with Gasteiger partial charge in [0, 0.05) is 10.7 Å². The Morgan fingerprint density at radius 3 is 2.26 bits per heavy atom. The first-order valence-corrected chi connectivity index (χ1v) is 7.37. The van der Waals surface area contributed by atoms with Crippen molar-refractivity contribution in [1.82, 2.24) is 4.90 Å². The fourth-order valence-electron chi connectivity index (χ4n) is 2.46. The van der Waals surface area contributed by atoms with Gasteiger partial charge in [-0.25, -0.2) is 0 Å². The van der Waals surface area contributed by atoms with Gasteiger partial charge in [0.25, 0.3) is 11.8 Å². The van der Waals surface area contributed by atoms with Crippen LogP contribution in [0.3, 0.4) is 0 Å². The number of nitrogens with one attached hydrogen (secondary N) is 1. The van der Waals surface area contributed by atoms with Gasteiger partial charge in [0.15, 0.2) is 0 Å². The zero-order valence-electron chi connectivity index (χ0n) is 12.3. The number of benzene rings is 2. The van der Waals surface area contributed by atoms with Crippen molar-refractivity contribution in [3.05, 3.63) is 64.2 Å². The summed E-state index contributed by atoms with van der Waals surface area (Å²) in [5.74, 6) is -1.36. The second-order valence-electron chi connectivity index (χ2n) is 5.20. The first-order valence-electron chi connectivity index (χ1n) is 6.99. The quantitative estimate of drug-likeness (QED) is 0.881. The molecule has 1 aliphatic rings. The molecule has 116 valence electrons. The average molecular weight is 329 g/mol. The van der Waals surface area contributed by atoms with Crippen LogP contribution in [0.4, 0.5) is 5.69 Å². The van der Waals surface area contributed by atoms with Crippen molar-refractivity contribution < 1.29 is 14.4 Å². The van der Waals surface area contributed by atoms with Crippen LogP contribution in [-0.4, -0.2) is 29.2 Å². The van der Waals surface area contributed by atoms with Gasteiger partial charge in [-0.2, -0.15) is 0 Å². The SMILES string of the molecule is Cc1c(Cl)cccc1NC(=O)CN1C(=O)c2ccccc2C1=O. The second kappa shape index (κ2) is 5.85. The molecule has 6 heteroatoms. The fraction of sp³-hybridized carbons (Fsp3) is 0.118. The standard InChI is InChI=1S/C17H13ClN2O3/c1-10-13(18)7-4-8-14(10)19-15(21)9-20-16(22)11-5-2-3-6-12(11)17(20)23/h2-8H,9H2,1H3,(H,19,21). The van der Waals surface area contributed by atoms with E-state index >= 15 is 0 Å². The van der Waals surface area contributed by atoms with Gasteiger partial charge in [0.05, 0.1) is 11.1 Å². The van der Waals surface area contributed by atoms with Crippen LogP contribution in [0.2, 0.25) is 5.02 Å². The summed E-state index contributed by atoms with van der Waals surface area (Å²) in [5, 5.41) is 3.21. The van der Waals surface area contributed by atoms with Gasteiger partial charge in [0.1, 0.15) is 6.54 Å². The predicted molar refractivity (Wildman–Crippen MR) is 86.6 cm³/mol. The molecule has 2 aromatic carbocycles. The number of nitrogens with zero attached hydrogens (tertiary/aromatic N) is 1. The molecule has 5 nitrogen and oxygen atoms in total. The lowest BCUT2D eigenvalue weighted by Gasteiger charge is -2.15. The molecule has 0 saturated carbocycles. The number of hydrogen-bond donors (Lipinski definition) is 1. The number of halogens is 1. The maximum Gasteiger partial charge on any atom is 0.262 e. The second-order valence-corrected chi connectivity index (χ2v) is 5.61. The Balaban J connectivity index is 1.76. The van der Waals surface area contributed by atoms with E-state index in [0.717, 1.165) is 10.5 Å². The topological polar surface area (TPSA) is 66.5 Å². The Labute approximate surface area is 137 Å². The van der Waals surface area contributed by atoms with Crippen LogP contribution in [0, 0.1) is 6.92 Å². The number of carbonyl (C=O) groups is 3. The Bertz CT molecular complexity index is 797. The molecule has 1 heterocycles. The summed E-state index contributed by atoms with van der Waals surface area (Å²) in [4.78, 5) is 37.6. The maximum absolute atomic E-state index is 12.2. The Morgan fingerprint density at radius 2 is 1.65 bits per heavy atom. The van der Waals surface area contributed by atoms with Crippen LogP contribution in [0.25, 0.3) is 0 Å². The number of amides is 3. The molecule has 3 amide bonds. The molecule has 0 radical (unpaired) electrons. The van der Waals surface area contributed by atoms with E-state index in [-0.39, 0.29) is 6.54 Å². The fourth-order valence-corrected chi connectivity index (χ4v) is 2.63. The minimum Gasteiger partial charge on any atom is -0.324 e. The van der Waals surface area contributed by atoms with E-state index in [1.165, 1.54) is 0 Å². The van der Waals surface area contributed by atoms with Crippen molar-refractivity contribution in [3.63, 3.8) is 0 Å². The van der Waals surface area contributed by atoms with Crippen molar-refractivity contribution in [1.29, 1.82) is 0 Å². The zero-order valence-corrected chi connectivity index (χ0v) is 13.1. The number of fused-ring (bicyclic) bond motifs is 1. The summed E-state index contributed by atoms with van der Waals surface area (Å²) in [5.41, 5.74) is 1.93. The van der Waals surface area contributed by atoms with Gasteiger partial charge in [-0.3, -0.25) is 19.3 Å². The molecule has 0 fully saturated rings. The number of imide groups is 1. The summed E-state index contributed by atoms with van der Waals surface area (Å²) in [7, 11) is 0. The summed E-state index contributed by atoms with van der Waals surface area (Å²) in [6.45, 7) is 1.44. The normalized spacial score (nSPS) is 13.2. The van der Waals surface area contributed by atoms with Crippen LogP contribution < -0.4 is 5.32 Å². The highest BCUT2D eigenvalue weighted by atomic mass is 35.5. The third-order valence-corrected chi connectivity index (χ3v) is 4.13. The van der Waals surface area contributed by atoms with Crippen LogP contribution in [0.1, 0.15) is 26.3 Å². The van der Waals surface area contributed by atoms with E-state index in [1.807, 2.05) is 0 Å². The molecule has 23 heavy (non-hydrogen) atoms. The average Bonchev–Trinajstić information content (AvgIpc) is 2.77. The first kappa shape index (κ1) is 15.2. The van der Waals surface area contributed by atoms with Crippen molar-refractivity contribution in [3.8, 4) is 0 Å². The number of carbonyl (C=O) groups excluding carboxylic acids is 3. The summed E-state index contributed by atoms with van der Waals surface area (Å²) in [6.07, 6.45) is 0. The van der Waals surface area contributed by atoms with Crippen LogP contribution in [0.5, 0.6) is 0 Å². The summed E-state index contributed by atoms with van der Waals surface area (Å²) >= 11 is 6.00. The van der Waals surface area contributed by atoms with Gasteiger partial charge in [0.2, 0.25) is 5.91 Å². The lowest BCUT2D eigenvalue weighted by Crippen LogP contribution is -2.37. The van der Waals surface area contributed by atoms with Crippen molar-refractivity contribution in [2.75, 3.05) is 11.9 Å². The van der Waals surface area contributed by atoms with E-state index in [2.05, 4.69) is 5.32 Å². The van der Waals surface area contributed by atoms with Crippen molar-refractivity contribution >= 4 is 35.0 Å². The van der Waals surface area contributed by atoms with E-state index in [4.69, 9.17) is 11.6 Å². The van der Waals surface area contributed by atoms with E-state index in [1.54, 1.807) is 49.4 Å². The molecule has 3 rings (SSSR count). The predicted octanol–water partition coefficient (Wildman–Crippen LogP) is 2.88. The Hall–Kier alpha value is -2.66. The molecule has 0 aliphatic carbocycles. The van der Waals surface area contributed by atoms with Crippen molar-refractivity contribution in [2.24, 2.45) is 0 Å². The van der Waals surface area contributed by atoms with Crippen LogP contribution in [-0.2, 0) is 4.79 Å². The third kappa shape index (κ3) is 2.71. The highest BCUT2D eigenvalue weighted by Crippen LogP contribution is 2.24. The molecule has 0 aromatic heterocycles. The van der Waals surface area contributed by atoms with E-state index in [9.17, 15) is 14.4 Å². The van der Waals surface area contributed by atoms with Gasteiger partial charge >= 0.3 is 0 Å². The van der Waals surface area contributed by atoms with Gasteiger partial charge in [-0.05, 0) is 36.8 Å². The highest BCUT2D eigenvalue weighted by molar-refractivity contribution is 6.31. The summed E-state index contributed by atoms with van der Waals surface area (Å²) < 4.78 is 0. The third-order valence-electron chi connectivity index (χ3n) is 3.72. The minimum atomic E-state index is -0.455. The molecule has 0 spiro atoms. The molecular formula is C17H13ClN2O3. The largest absolute Gasteiger partial charge is 0.324 e. The lowest BCUT2D eigenvalue weighted by atomic mass is 10.1. The maximum atomic E-state index is 12.2. The Kier molecular flexibility index (Phi) is 3.88. The molecular weight excluding hydrogens is 316 g/mol. The van der Waals surface area contributed by atoms with Gasteiger partial charge in [-0.1, -0.05) is 29.8 Å². The minimum absolute atomic E-state index is 0.323. The zero-order chi connectivity index (χ0) is 16.6. The lowest BCUT2D eigenvalue weighted by molar-refractivity contribution is -0.116. The molecule has 0 saturated heterocycles. The van der Waals surface area contributed by atoms with E-state index in [0.29, 0.717) is 21.8 Å². The number of anilines is 1. The first-order chi connectivity index (χ1) is 11.0. The highest BCUT2D eigenvalue weighted by Gasteiger charge is 2.36. The molecule has 0 atom stereocenters. The van der Waals surface area contributed by atoms with E-state index < -0.39 is 17.7 Å². The monoisotopic (exact) mass is 328 g/mol. The molecule has 1 N–H and O–H groups in total. The van der Waals surface area contributed by atoms with Gasteiger partial charge in [-0.15, -0.1) is 0 Å². The summed E-state index contributed by atoms with van der Waals surface area (Å²) in [6, 6.07) is 11.7. The Morgan fingerprint density at radius 1 is 1.04 bits per heavy atom. The number of hydrogen-bond acceptors (Lipinski definition) is 3. The van der Waals surface area contributed by atoms with Crippen molar-refractivity contribution in [2.45, 2.75) is 6.92 Å². The molecule has 0 unspecified atom stereocenters. The molecule has 1 aliphatic heterocycles. The van der Waals surface area contributed by atoms with Crippen LogP contribution in [0.15, 0.2) is 42.5 Å². The smallest absolute Gasteiger partial charge is 0.262 e. The molecule has 0 bridgehead atoms. The van der Waals surface area contributed by atoms with Gasteiger partial charge < -0.3 is 5.32 Å². The molecule has 2 aromatic rings. The van der Waals surface area contributed by atoms with Crippen LogP contribution >= 0.6 is 11.6 Å².